The normalized spacial score (nSPS) is 15.9. The van der Waals surface area contributed by atoms with Crippen LogP contribution in [0.3, 0.4) is 0 Å². The first-order valence-electron chi connectivity index (χ1n) is 5.24. The lowest BCUT2D eigenvalue weighted by Crippen LogP contribution is -2.20. The van der Waals surface area contributed by atoms with Crippen LogP contribution in [0.15, 0.2) is 18.5 Å². The standard InChI is InChI=1S/C11H13N3O2/c15-10(16)4-3-9-7-12-11(13-8-9)14-5-1-2-6-14/h3-4,7-8H,1-2,5-6H2,(H,15,16). The van der Waals surface area contributed by atoms with Gasteiger partial charge < -0.3 is 10.0 Å². The lowest BCUT2D eigenvalue weighted by atomic mass is 10.3. The largest absolute Gasteiger partial charge is 0.478 e. The number of carboxylic acid groups (broad SMARTS) is 1. The van der Waals surface area contributed by atoms with Gasteiger partial charge in [0.05, 0.1) is 0 Å². The third-order valence-corrected chi connectivity index (χ3v) is 2.47. The molecule has 5 heteroatoms. The molecule has 0 aliphatic carbocycles. The van der Waals surface area contributed by atoms with Gasteiger partial charge in [-0.25, -0.2) is 14.8 Å². The van der Waals surface area contributed by atoms with Crippen molar-refractivity contribution in [3.8, 4) is 0 Å². The Bertz CT molecular complexity index is 394. The Morgan fingerprint density at radius 2 is 1.94 bits per heavy atom. The number of hydrogen-bond acceptors (Lipinski definition) is 4. The molecule has 16 heavy (non-hydrogen) atoms. The molecule has 0 saturated carbocycles. The van der Waals surface area contributed by atoms with Gasteiger partial charge in [0, 0.05) is 37.1 Å². The van der Waals surface area contributed by atoms with Crippen LogP contribution in [0, 0.1) is 0 Å². The van der Waals surface area contributed by atoms with E-state index >= 15 is 0 Å². The molecule has 0 amide bonds. The molecule has 1 aromatic rings. The van der Waals surface area contributed by atoms with Gasteiger partial charge in [-0.05, 0) is 18.9 Å². The van der Waals surface area contributed by atoms with E-state index in [0.717, 1.165) is 25.1 Å². The van der Waals surface area contributed by atoms with Crippen molar-refractivity contribution in [3.63, 3.8) is 0 Å². The second-order valence-corrected chi connectivity index (χ2v) is 3.68. The van der Waals surface area contributed by atoms with Gasteiger partial charge in [0.15, 0.2) is 0 Å². The average Bonchev–Trinajstić information content (AvgIpc) is 2.80. The molecule has 1 saturated heterocycles. The highest BCUT2D eigenvalue weighted by atomic mass is 16.4. The van der Waals surface area contributed by atoms with Crippen molar-refractivity contribution < 1.29 is 9.90 Å². The van der Waals surface area contributed by atoms with Gasteiger partial charge in [0.1, 0.15) is 0 Å². The quantitative estimate of drug-likeness (QED) is 0.773. The smallest absolute Gasteiger partial charge is 0.328 e. The fourth-order valence-corrected chi connectivity index (χ4v) is 1.67. The van der Waals surface area contributed by atoms with E-state index in [1.54, 1.807) is 12.4 Å². The number of aliphatic carboxylic acids is 1. The Balaban J connectivity index is 2.06. The molecule has 1 aliphatic heterocycles. The molecule has 0 spiro atoms. The third-order valence-electron chi connectivity index (χ3n) is 2.47. The summed E-state index contributed by atoms with van der Waals surface area (Å²) >= 11 is 0. The fraction of sp³-hybridized carbons (Fsp3) is 0.364. The van der Waals surface area contributed by atoms with E-state index in [9.17, 15) is 4.79 Å². The minimum absolute atomic E-state index is 0.699. The number of anilines is 1. The maximum absolute atomic E-state index is 10.3. The van der Waals surface area contributed by atoms with Crippen LogP contribution < -0.4 is 4.90 Å². The van der Waals surface area contributed by atoms with Gasteiger partial charge in [-0.2, -0.15) is 0 Å². The van der Waals surface area contributed by atoms with Gasteiger partial charge in [0.2, 0.25) is 5.95 Å². The van der Waals surface area contributed by atoms with E-state index < -0.39 is 5.97 Å². The van der Waals surface area contributed by atoms with Crippen molar-refractivity contribution in [1.29, 1.82) is 0 Å². The number of aromatic nitrogens is 2. The van der Waals surface area contributed by atoms with Crippen LogP contribution in [0.25, 0.3) is 6.08 Å². The number of nitrogens with zero attached hydrogens (tertiary/aromatic N) is 3. The zero-order valence-electron chi connectivity index (χ0n) is 8.83. The number of rotatable bonds is 3. The SMILES string of the molecule is O=C(O)C=Cc1cnc(N2CCCC2)nc1. The summed E-state index contributed by atoms with van der Waals surface area (Å²) in [7, 11) is 0. The van der Waals surface area contributed by atoms with E-state index in [-0.39, 0.29) is 0 Å². The van der Waals surface area contributed by atoms with E-state index in [1.165, 1.54) is 18.9 Å². The Hall–Kier alpha value is -1.91. The number of hydrogen-bond donors (Lipinski definition) is 1. The van der Waals surface area contributed by atoms with E-state index in [0.29, 0.717) is 5.56 Å². The predicted octanol–water partition coefficient (Wildman–Crippen LogP) is 1.17. The summed E-state index contributed by atoms with van der Waals surface area (Å²) in [6, 6.07) is 0. The predicted molar refractivity (Wildman–Crippen MR) is 60.1 cm³/mol. The summed E-state index contributed by atoms with van der Waals surface area (Å²) in [5, 5.41) is 8.47. The molecule has 0 unspecified atom stereocenters. The van der Waals surface area contributed by atoms with Gasteiger partial charge in [-0.1, -0.05) is 0 Å². The van der Waals surface area contributed by atoms with Gasteiger partial charge in [-0.15, -0.1) is 0 Å². The van der Waals surface area contributed by atoms with Crippen LogP contribution in [0.5, 0.6) is 0 Å². The highest BCUT2D eigenvalue weighted by Gasteiger charge is 2.13. The van der Waals surface area contributed by atoms with Crippen molar-refractivity contribution in [2.24, 2.45) is 0 Å². The lowest BCUT2D eigenvalue weighted by Gasteiger charge is -2.13. The Kier molecular flexibility index (Phi) is 3.14. The highest BCUT2D eigenvalue weighted by Crippen LogP contribution is 2.14. The van der Waals surface area contributed by atoms with Gasteiger partial charge in [-0.3, -0.25) is 0 Å². The van der Waals surface area contributed by atoms with Gasteiger partial charge >= 0.3 is 5.97 Å². The first-order chi connectivity index (χ1) is 7.75. The van der Waals surface area contributed by atoms with Crippen LogP contribution >= 0.6 is 0 Å². The van der Waals surface area contributed by atoms with Crippen LogP contribution in [0.4, 0.5) is 5.95 Å². The molecule has 0 aromatic carbocycles. The maximum Gasteiger partial charge on any atom is 0.328 e. The first-order valence-corrected chi connectivity index (χ1v) is 5.24. The number of carboxylic acids is 1. The molecule has 1 aromatic heterocycles. The minimum atomic E-state index is -0.969. The van der Waals surface area contributed by atoms with E-state index in [4.69, 9.17) is 5.11 Å². The van der Waals surface area contributed by atoms with Crippen molar-refractivity contribution >= 4 is 18.0 Å². The summed E-state index contributed by atoms with van der Waals surface area (Å²) in [4.78, 5) is 20.9. The first kappa shape index (κ1) is 10.6. The van der Waals surface area contributed by atoms with Crippen molar-refractivity contribution in [2.45, 2.75) is 12.8 Å². The molecule has 0 atom stereocenters. The summed E-state index contributed by atoms with van der Waals surface area (Å²) in [5.41, 5.74) is 0.699. The molecule has 1 N–H and O–H groups in total. The Morgan fingerprint density at radius 1 is 1.31 bits per heavy atom. The minimum Gasteiger partial charge on any atom is -0.478 e. The summed E-state index contributed by atoms with van der Waals surface area (Å²) in [5.74, 6) is -0.242. The average molecular weight is 219 g/mol. The van der Waals surface area contributed by atoms with Gasteiger partial charge in [0.25, 0.3) is 0 Å². The van der Waals surface area contributed by atoms with Crippen LogP contribution in [-0.2, 0) is 4.79 Å². The second kappa shape index (κ2) is 4.74. The maximum atomic E-state index is 10.3. The number of carbonyl (C=O) groups is 1. The molecule has 2 rings (SSSR count). The molecule has 0 bridgehead atoms. The molecular formula is C11H13N3O2. The molecule has 5 nitrogen and oxygen atoms in total. The van der Waals surface area contributed by atoms with Crippen molar-refractivity contribution in [2.75, 3.05) is 18.0 Å². The molecule has 0 radical (unpaired) electrons. The van der Waals surface area contributed by atoms with Crippen LogP contribution in [0.1, 0.15) is 18.4 Å². The van der Waals surface area contributed by atoms with Crippen molar-refractivity contribution in [3.05, 3.63) is 24.0 Å². The molecule has 1 fully saturated rings. The third kappa shape index (κ3) is 2.56. The fourth-order valence-electron chi connectivity index (χ4n) is 1.67. The highest BCUT2D eigenvalue weighted by molar-refractivity contribution is 5.85. The second-order valence-electron chi connectivity index (χ2n) is 3.68. The Morgan fingerprint density at radius 3 is 2.50 bits per heavy atom. The van der Waals surface area contributed by atoms with E-state index in [1.807, 2.05) is 0 Å². The molecule has 2 heterocycles. The van der Waals surface area contributed by atoms with Crippen LogP contribution in [0.2, 0.25) is 0 Å². The zero-order valence-corrected chi connectivity index (χ0v) is 8.83. The zero-order chi connectivity index (χ0) is 11.4. The molecule has 1 aliphatic rings. The van der Waals surface area contributed by atoms with Crippen LogP contribution in [-0.4, -0.2) is 34.1 Å². The van der Waals surface area contributed by atoms with E-state index in [2.05, 4.69) is 14.9 Å². The summed E-state index contributed by atoms with van der Waals surface area (Å²) in [6.07, 6.45) is 8.21. The summed E-state index contributed by atoms with van der Waals surface area (Å²) in [6.45, 7) is 2.01. The monoisotopic (exact) mass is 219 g/mol. The van der Waals surface area contributed by atoms with Crippen molar-refractivity contribution in [1.82, 2.24) is 9.97 Å². The lowest BCUT2D eigenvalue weighted by molar-refractivity contribution is -0.131. The molecule has 84 valence electrons. The topological polar surface area (TPSA) is 66.3 Å². The summed E-state index contributed by atoms with van der Waals surface area (Å²) < 4.78 is 0. The molecular weight excluding hydrogens is 206 g/mol. The Labute approximate surface area is 93.4 Å².